The molecule has 2 rings (SSSR count). The smallest absolute Gasteiger partial charge is 0.267 e. The van der Waals surface area contributed by atoms with Crippen molar-refractivity contribution in [1.82, 2.24) is 4.90 Å². The summed E-state index contributed by atoms with van der Waals surface area (Å²) in [6, 6.07) is 6.94. The van der Waals surface area contributed by atoms with Gasteiger partial charge in [0.2, 0.25) is 0 Å². The standard InChI is InChI=1S/C16H19N3O4/c1-21-14-4-3-13(9-15(14)22-2)18-16(20)12(10-17)11-19-5-7-23-8-6-19/h3-4,9,11H,5-8H2,1-2H3,(H,18,20)/b12-11-. The Hall–Kier alpha value is -2.72. The van der Waals surface area contributed by atoms with E-state index < -0.39 is 5.91 Å². The van der Waals surface area contributed by atoms with Gasteiger partial charge in [-0.3, -0.25) is 4.79 Å². The fourth-order valence-corrected chi connectivity index (χ4v) is 2.14. The minimum absolute atomic E-state index is 0.0432. The van der Waals surface area contributed by atoms with Gasteiger partial charge in [0, 0.05) is 31.0 Å². The number of carbonyl (C=O) groups excluding carboxylic acids is 1. The fourth-order valence-electron chi connectivity index (χ4n) is 2.14. The molecule has 0 atom stereocenters. The van der Waals surface area contributed by atoms with Crippen molar-refractivity contribution >= 4 is 11.6 Å². The van der Waals surface area contributed by atoms with Gasteiger partial charge in [0.05, 0.1) is 27.4 Å². The maximum atomic E-state index is 12.2. The van der Waals surface area contributed by atoms with Gasteiger partial charge < -0.3 is 24.4 Å². The molecule has 7 heteroatoms. The van der Waals surface area contributed by atoms with Crippen molar-refractivity contribution < 1.29 is 19.0 Å². The highest BCUT2D eigenvalue weighted by molar-refractivity contribution is 6.06. The van der Waals surface area contributed by atoms with Crippen LogP contribution in [0.5, 0.6) is 11.5 Å². The molecule has 0 spiro atoms. The lowest BCUT2D eigenvalue weighted by atomic mass is 10.2. The molecule has 23 heavy (non-hydrogen) atoms. The molecule has 0 bridgehead atoms. The van der Waals surface area contributed by atoms with Gasteiger partial charge in [0.15, 0.2) is 11.5 Å². The fraction of sp³-hybridized carbons (Fsp3) is 0.375. The first-order chi connectivity index (χ1) is 11.2. The van der Waals surface area contributed by atoms with Gasteiger partial charge >= 0.3 is 0 Å². The minimum atomic E-state index is -0.466. The van der Waals surface area contributed by atoms with Crippen LogP contribution in [0.3, 0.4) is 0 Å². The molecule has 0 saturated carbocycles. The van der Waals surface area contributed by atoms with Crippen LogP contribution in [0, 0.1) is 11.3 Å². The molecule has 1 saturated heterocycles. The number of ether oxygens (including phenoxy) is 3. The summed E-state index contributed by atoms with van der Waals surface area (Å²) in [5, 5.41) is 11.9. The summed E-state index contributed by atoms with van der Waals surface area (Å²) >= 11 is 0. The maximum absolute atomic E-state index is 12.2. The number of nitrogens with zero attached hydrogens (tertiary/aromatic N) is 2. The molecule has 0 aliphatic carbocycles. The maximum Gasteiger partial charge on any atom is 0.267 e. The zero-order chi connectivity index (χ0) is 16.7. The molecule has 7 nitrogen and oxygen atoms in total. The number of nitrogens with one attached hydrogen (secondary N) is 1. The van der Waals surface area contributed by atoms with E-state index in [0.717, 1.165) is 0 Å². The molecule has 122 valence electrons. The Morgan fingerprint density at radius 1 is 1.30 bits per heavy atom. The van der Waals surface area contributed by atoms with Crippen LogP contribution in [-0.2, 0) is 9.53 Å². The van der Waals surface area contributed by atoms with Crippen LogP contribution in [0.4, 0.5) is 5.69 Å². The second-order valence-corrected chi connectivity index (χ2v) is 4.83. The number of benzene rings is 1. The average molecular weight is 317 g/mol. The van der Waals surface area contributed by atoms with Crippen LogP contribution >= 0.6 is 0 Å². The highest BCUT2D eigenvalue weighted by Crippen LogP contribution is 2.29. The number of rotatable bonds is 5. The topological polar surface area (TPSA) is 83.8 Å². The molecule has 1 heterocycles. The van der Waals surface area contributed by atoms with Crippen molar-refractivity contribution in [3.05, 3.63) is 30.0 Å². The number of methoxy groups -OCH3 is 2. The Bertz CT molecular complexity index is 631. The number of morpholine rings is 1. The summed E-state index contributed by atoms with van der Waals surface area (Å²) in [6.07, 6.45) is 1.57. The van der Waals surface area contributed by atoms with Crippen LogP contribution in [0.15, 0.2) is 30.0 Å². The minimum Gasteiger partial charge on any atom is -0.493 e. The summed E-state index contributed by atoms with van der Waals surface area (Å²) in [5.41, 5.74) is 0.567. The number of anilines is 1. The lowest BCUT2D eigenvalue weighted by Gasteiger charge is -2.25. The van der Waals surface area contributed by atoms with Gasteiger partial charge in [0.1, 0.15) is 11.6 Å². The number of hydrogen-bond acceptors (Lipinski definition) is 6. The average Bonchev–Trinajstić information content (AvgIpc) is 2.60. The van der Waals surface area contributed by atoms with Crippen molar-refractivity contribution in [2.45, 2.75) is 0 Å². The van der Waals surface area contributed by atoms with Gasteiger partial charge in [0.25, 0.3) is 5.91 Å². The number of amides is 1. The zero-order valence-electron chi connectivity index (χ0n) is 13.2. The Morgan fingerprint density at radius 3 is 2.61 bits per heavy atom. The summed E-state index contributed by atoms with van der Waals surface area (Å²) in [5.74, 6) is 0.599. The summed E-state index contributed by atoms with van der Waals surface area (Å²) in [7, 11) is 3.05. The highest BCUT2D eigenvalue weighted by atomic mass is 16.5. The van der Waals surface area contributed by atoms with Crippen molar-refractivity contribution in [1.29, 1.82) is 5.26 Å². The molecule has 1 aromatic carbocycles. The third kappa shape index (κ3) is 4.37. The molecule has 1 amide bonds. The molecule has 1 aliphatic rings. The molecule has 1 aliphatic heterocycles. The van der Waals surface area contributed by atoms with Crippen LogP contribution in [0.2, 0.25) is 0 Å². The quantitative estimate of drug-likeness (QED) is 0.652. The first-order valence-electron chi connectivity index (χ1n) is 7.15. The van der Waals surface area contributed by atoms with Crippen molar-refractivity contribution in [3.63, 3.8) is 0 Å². The second kappa shape index (κ2) is 8.06. The van der Waals surface area contributed by atoms with Gasteiger partial charge in [-0.05, 0) is 12.1 Å². The lowest BCUT2D eigenvalue weighted by Crippen LogP contribution is -2.33. The molecular formula is C16H19N3O4. The number of nitriles is 1. The number of carbonyl (C=O) groups is 1. The summed E-state index contributed by atoms with van der Waals surface area (Å²) in [4.78, 5) is 14.1. The first-order valence-corrected chi connectivity index (χ1v) is 7.15. The van der Waals surface area contributed by atoms with Crippen LogP contribution in [-0.4, -0.2) is 51.3 Å². The predicted molar refractivity (Wildman–Crippen MR) is 84.3 cm³/mol. The van der Waals surface area contributed by atoms with Crippen molar-refractivity contribution in [3.8, 4) is 17.6 Å². The Kier molecular flexibility index (Phi) is 5.83. The molecule has 0 aromatic heterocycles. The summed E-state index contributed by atoms with van der Waals surface area (Å²) in [6.45, 7) is 2.50. The molecule has 1 N–H and O–H groups in total. The van der Waals surface area contributed by atoms with Gasteiger partial charge in [-0.15, -0.1) is 0 Å². The highest BCUT2D eigenvalue weighted by Gasteiger charge is 2.14. The molecule has 0 radical (unpaired) electrons. The molecule has 0 unspecified atom stereocenters. The third-order valence-corrected chi connectivity index (χ3v) is 3.36. The zero-order valence-corrected chi connectivity index (χ0v) is 13.2. The van der Waals surface area contributed by atoms with E-state index in [1.165, 1.54) is 14.2 Å². The summed E-state index contributed by atoms with van der Waals surface area (Å²) < 4.78 is 15.6. The van der Waals surface area contributed by atoms with E-state index in [1.54, 1.807) is 24.4 Å². The largest absolute Gasteiger partial charge is 0.493 e. The van der Waals surface area contributed by atoms with Gasteiger partial charge in [-0.25, -0.2) is 0 Å². The van der Waals surface area contributed by atoms with E-state index in [9.17, 15) is 10.1 Å². The SMILES string of the molecule is COc1ccc(NC(=O)/C(C#N)=C\N2CCOCC2)cc1OC. The first kappa shape index (κ1) is 16.6. The molecular weight excluding hydrogens is 298 g/mol. The van der Waals surface area contributed by atoms with E-state index >= 15 is 0 Å². The van der Waals surface area contributed by atoms with E-state index in [2.05, 4.69) is 5.32 Å². The van der Waals surface area contributed by atoms with Gasteiger partial charge in [-0.1, -0.05) is 0 Å². The van der Waals surface area contributed by atoms with E-state index in [-0.39, 0.29) is 5.57 Å². The van der Waals surface area contributed by atoms with E-state index in [1.807, 2.05) is 11.0 Å². The monoisotopic (exact) mass is 317 g/mol. The van der Waals surface area contributed by atoms with Crippen LogP contribution in [0.1, 0.15) is 0 Å². The van der Waals surface area contributed by atoms with Crippen LogP contribution in [0.25, 0.3) is 0 Å². The van der Waals surface area contributed by atoms with Gasteiger partial charge in [-0.2, -0.15) is 5.26 Å². The second-order valence-electron chi connectivity index (χ2n) is 4.83. The van der Waals surface area contributed by atoms with Crippen molar-refractivity contribution in [2.75, 3.05) is 45.8 Å². The molecule has 1 fully saturated rings. The van der Waals surface area contributed by atoms with Crippen molar-refractivity contribution in [2.24, 2.45) is 0 Å². The number of hydrogen-bond donors (Lipinski definition) is 1. The Balaban J connectivity index is 2.10. The lowest BCUT2D eigenvalue weighted by molar-refractivity contribution is -0.112. The molecule has 1 aromatic rings. The normalized spacial score (nSPS) is 14.8. The van der Waals surface area contributed by atoms with E-state index in [0.29, 0.717) is 43.5 Å². The predicted octanol–water partition coefficient (Wildman–Crippen LogP) is 1.38. The third-order valence-electron chi connectivity index (χ3n) is 3.36. The van der Waals surface area contributed by atoms with E-state index in [4.69, 9.17) is 14.2 Å². The van der Waals surface area contributed by atoms with Crippen LogP contribution < -0.4 is 14.8 Å². The Labute approximate surface area is 135 Å². The Morgan fingerprint density at radius 2 is 2.00 bits per heavy atom.